The summed E-state index contributed by atoms with van der Waals surface area (Å²) < 4.78 is 5.22. The van der Waals surface area contributed by atoms with Gasteiger partial charge in [0.1, 0.15) is 6.33 Å². The van der Waals surface area contributed by atoms with Crippen molar-refractivity contribution >= 4 is 23.0 Å². The standard InChI is InChI=1S/C15H21N5O/c1-4-20(5-2)12-8-6-11(7-9-12)19-15-13(21-3)14(16)17-10-18-15/h6-10H,4-5H2,1-3H3,(H3,16,17,18,19). The van der Waals surface area contributed by atoms with Gasteiger partial charge in [-0.15, -0.1) is 0 Å². The minimum Gasteiger partial charge on any atom is -0.490 e. The molecule has 0 saturated carbocycles. The number of anilines is 4. The summed E-state index contributed by atoms with van der Waals surface area (Å²) in [6.07, 6.45) is 1.41. The number of nitrogens with one attached hydrogen (secondary N) is 1. The molecule has 1 aromatic carbocycles. The number of rotatable bonds is 6. The molecule has 0 radical (unpaired) electrons. The van der Waals surface area contributed by atoms with Gasteiger partial charge in [0.25, 0.3) is 0 Å². The van der Waals surface area contributed by atoms with Crippen molar-refractivity contribution < 1.29 is 4.74 Å². The highest BCUT2D eigenvalue weighted by molar-refractivity contribution is 5.69. The second kappa shape index (κ2) is 6.78. The molecule has 6 nitrogen and oxygen atoms in total. The maximum Gasteiger partial charge on any atom is 0.204 e. The third-order valence-electron chi connectivity index (χ3n) is 3.29. The Labute approximate surface area is 125 Å². The lowest BCUT2D eigenvalue weighted by molar-refractivity contribution is 0.415. The Morgan fingerprint density at radius 1 is 1.14 bits per heavy atom. The summed E-state index contributed by atoms with van der Waals surface area (Å²) in [6, 6.07) is 8.16. The van der Waals surface area contributed by atoms with E-state index >= 15 is 0 Å². The summed E-state index contributed by atoms with van der Waals surface area (Å²) in [4.78, 5) is 10.3. The van der Waals surface area contributed by atoms with Crippen molar-refractivity contribution in [1.82, 2.24) is 9.97 Å². The van der Waals surface area contributed by atoms with Gasteiger partial charge in [-0.2, -0.15) is 0 Å². The van der Waals surface area contributed by atoms with Crippen LogP contribution in [0.2, 0.25) is 0 Å². The van der Waals surface area contributed by atoms with Crippen LogP contribution in [0.25, 0.3) is 0 Å². The van der Waals surface area contributed by atoms with Crippen LogP contribution in [-0.2, 0) is 0 Å². The summed E-state index contributed by atoms with van der Waals surface area (Å²) >= 11 is 0. The summed E-state index contributed by atoms with van der Waals surface area (Å²) in [7, 11) is 1.55. The van der Waals surface area contributed by atoms with Crippen molar-refractivity contribution in [2.75, 3.05) is 36.1 Å². The van der Waals surface area contributed by atoms with E-state index in [1.807, 2.05) is 12.1 Å². The maximum atomic E-state index is 5.76. The Hall–Kier alpha value is -2.50. The van der Waals surface area contributed by atoms with E-state index in [0.29, 0.717) is 17.4 Å². The molecule has 1 aromatic heterocycles. The van der Waals surface area contributed by atoms with Gasteiger partial charge in [0.05, 0.1) is 7.11 Å². The Kier molecular flexibility index (Phi) is 4.81. The lowest BCUT2D eigenvalue weighted by Gasteiger charge is -2.21. The number of ether oxygens (including phenoxy) is 1. The van der Waals surface area contributed by atoms with Gasteiger partial charge in [0.15, 0.2) is 11.6 Å². The zero-order valence-electron chi connectivity index (χ0n) is 12.6. The van der Waals surface area contributed by atoms with Crippen LogP contribution >= 0.6 is 0 Å². The van der Waals surface area contributed by atoms with Crippen LogP contribution in [0.3, 0.4) is 0 Å². The normalized spacial score (nSPS) is 10.2. The lowest BCUT2D eigenvalue weighted by atomic mass is 10.2. The quantitative estimate of drug-likeness (QED) is 0.850. The van der Waals surface area contributed by atoms with Crippen LogP contribution < -0.4 is 20.7 Å². The average Bonchev–Trinajstić information content (AvgIpc) is 2.50. The van der Waals surface area contributed by atoms with E-state index in [0.717, 1.165) is 18.8 Å². The van der Waals surface area contributed by atoms with Crippen molar-refractivity contribution in [3.8, 4) is 5.75 Å². The van der Waals surface area contributed by atoms with Gasteiger partial charge in [0.2, 0.25) is 5.75 Å². The number of aromatic nitrogens is 2. The highest BCUT2D eigenvalue weighted by Gasteiger charge is 2.10. The Morgan fingerprint density at radius 2 is 1.81 bits per heavy atom. The van der Waals surface area contributed by atoms with Gasteiger partial charge < -0.3 is 20.7 Å². The predicted octanol–water partition coefficient (Wildman–Crippen LogP) is 2.66. The first-order valence-corrected chi connectivity index (χ1v) is 6.96. The van der Waals surface area contributed by atoms with E-state index < -0.39 is 0 Å². The molecule has 2 aromatic rings. The third kappa shape index (κ3) is 3.34. The highest BCUT2D eigenvalue weighted by atomic mass is 16.5. The molecule has 112 valence electrons. The van der Waals surface area contributed by atoms with Crippen LogP contribution in [0.4, 0.5) is 23.0 Å². The van der Waals surface area contributed by atoms with Gasteiger partial charge in [-0.3, -0.25) is 0 Å². The molecule has 3 N–H and O–H groups in total. The van der Waals surface area contributed by atoms with Gasteiger partial charge >= 0.3 is 0 Å². The highest BCUT2D eigenvalue weighted by Crippen LogP contribution is 2.29. The van der Waals surface area contributed by atoms with Gasteiger partial charge in [-0.1, -0.05) is 0 Å². The molecule has 0 fully saturated rings. The Bertz CT molecular complexity index is 581. The minimum atomic E-state index is 0.315. The fourth-order valence-corrected chi connectivity index (χ4v) is 2.16. The molecule has 0 aliphatic heterocycles. The second-order valence-electron chi connectivity index (χ2n) is 4.48. The number of methoxy groups -OCH3 is 1. The van der Waals surface area contributed by atoms with E-state index in [-0.39, 0.29) is 0 Å². The third-order valence-corrected chi connectivity index (χ3v) is 3.29. The Morgan fingerprint density at radius 3 is 2.38 bits per heavy atom. The van der Waals surface area contributed by atoms with Crippen molar-refractivity contribution in [3.63, 3.8) is 0 Å². The molecule has 0 aliphatic carbocycles. The first-order valence-electron chi connectivity index (χ1n) is 6.96. The monoisotopic (exact) mass is 287 g/mol. The lowest BCUT2D eigenvalue weighted by Crippen LogP contribution is -2.21. The summed E-state index contributed by atoms with van der Waals surface area (Å²) in [5.41, 5.74) is 7.88. The molecular weight excluding hydrogens is 266 g/mol. The minimum absolute atomic E-state index is 0.315. The largest absolute Gasteiger partial charge is 0.490 e. The van der Waals surface area contributed by atoms with E-state index in [9.17, 15) is 0 Å². The molecule has 0 saturated heterocycles. The fraction of sp³-hybridized carbons (Fsp3) is 0.333. The first kappa shape index (κ1) is 14.9. The van der Waals surface area contributed by atoms with Crippen LogP contribution in [-0.4, -0.2) is 30.2 Å². The average molecular weight is 287 g/mol. The molecule has 1 heterocycles. The van der Waals surface area contributed by atoms with Crippen molar-refractivity contribution in [2.45, 2.75) is 13.8 Å². The summed E-state index contributed by atoms with van der Waals surface area (Å²) in [5.74, 6) is 1.32. The van der Waals surface area contributed by atoms with Crippen LogP contribution in [0, 0.1) is 0 Å². The molecule has 2 rings (SSSR count). The maximum absolute atomic E-state index is 5.76. The van der Waals surface area contributed by atoms with E-state index in [1.165, 1.54) is 12.0 Å². The molecule has 0 amide bonds. The van der Waals surface area contributed by atoms with Crippen LogP contribution in [0.5, 0.6) is 5.75 Å². The van der Waals surface area contributed by atoms with E-state index in [2.05, 4.69) is 46.2 Å². The molecule has 0 atom stereocenters. The zero-order chi connectivity index (χ0) is 15.2. The second-order valence-corrected chi connectivity index (χ2v) is 4.48. The number of nitrogen functional groups attached to an aromatic ring is 1. The van der Waals surface area contributed by atoms with Gasteiger partial charge in [-0.25, -0.2) is 9.97 Å². The smallest absolute Gasteiger partial charge is 0.204 e. The molecule has 0 bridgehead atoms. The van der Waals surface area contributed by atoms with Gasteiger partial charge in [0, 0.05) is 24.5 Å². The van der Waals surface area contributed by atoms with Crippen LogP contribution in [0.15, 0.2) is 30.6 Å². The number of nitrogens with zero attached hydrogens (tertiary/aromatic N) is 3. The molecule has 6 heteroatoms. The number of hydrogen-bond acceptors (Lipinski definition) is 6. The van der Waals surface area contributed by atoms with E-state index in [1.54, 1.807) is 7.11 Å². The van der Waals surface area contributed by atoms with Gasteiger partial charge in [-0.05, 0) is 38.1 Å². The fourth-order valence-electron chi connectivity index (χ4n) is 2.16. The SMILES string of the molecule is CCN(CC)c1ccc(Nc2ncnc(N)c2OC)cc1. The Balaban J connectivity index is 2.19. The number of hydrogen-bond donors (Lipinski definition) is 2. The summed E-state index contributed by atoms with van der Waals surface area (Å²) in [6.45, 7) is 6.26. The zero-order valence-corrected chi connectivity index (χ0v) is 12.6. The number of nitrogens with two attached hydrogens (primary N) is 1. The molecule has 21 heavy (non-hydrogen) atoms. The predicted molar refractivity (Wildman–Crippen MR) is 86.3 cm³/mol. The molecule has 0 unspecified atom stereocenters. The van der Waals surface area contributed by atoms with Crippen molar-refractivity contribution in [1.29, 1.82) is 0 Å². The summed E-state index contributed by atoms with van der Waals surface area (Å²) in [5, 5.41) is 3.19. The topological polar surface area (TPSA) is 76.3 Å². The molecule has 0 spiro atoms. The van der Waals surface area contributed by atoms with Crippen molar-refractivity contribution in [2.24, 2.45) is 0 Å². The van der Waals surface area contributed by atoms with Crippen molar-refractivity contribution in [3.05, 3.63) is 30.6 Å². The number of benzene rings is 1. The van der Waals surface area contributed by atoms with E-state index in [4.69, 9.17) is 10.5 Å². The van der Waals surface area contributed by atoms with Crippen LogP contribution in [0.1, 0.15) is 13.8 Å². The molecule has 0 aliphatic rings. The first-order chi connectivity index (χ1) is 10.2. The molecular formula is C15H21N5O.